The molecule has 0 fully saturated rings. The molecule has 2 aromatic carbocycles. The second kappa shape index (κ2) is 7.34. The summed E-state index contributed by atoms with van der Waals surface area (Å²) in [5.74, 6) is -0.120. The van der Waals surface area contributed by atoms with Crippen molar-refractivity contribution < 1.29 is 4.79 Å². The number of carbonyl (C=O) groups excluding carboxylic acids is 1. The van der Waals surface area contributed by atoms with Gasteiger partial charge in [-0.2, -0.15) is 0 Å². The number of hydrogen-bond acceptors (Lipinski definition) is 3. The number of para-hydroxylation sites is 1. The molecule has 1 aromatic heterocycles. The normalized spacial score (nSPS) is 11.3. The fourth-order valence-corrected chi connectivity index (χ4v) is 3.58. The molecule has 0 saturated heterocycles. The Morgan fingerprint density at radius 3 is 2.83 bits per heavy atom. The van der Waals surface area contributed by atoms with Crippen LogP contribution in [0.2, 0.25) is 10.0 Å². The van der Waals surface area contributed by atoms with Gasteiger partial charge in [-0.25, -0.2) is 4.98 Å². The molecule has 24 heavy (non-hydrogen) atoms. The monoisotopic (exact) mass is 376 g/mol. The van der Waals surface area contributed by atoms with Gasteiger partial charge in [-0.15, -0.1) is 11.3 Å². The summed E-state index contributed by atoms with van der Waals surface area (Å²) in [5.41, 5.74) is 1.67. The zero-order valence-electron chi connectivity index (χ0n) is 12.9. The van der Waals surface area contributed by atoms with Gasteiger partial charge in [-0.05, 0) is 42.0 Å². The van der Waals surface area contributed by atoms with Crippen molar-refractivity contribution >= 4 is 56.7 Å². The first-order valence-corrected chi connectivity index (χ1v) is 8.83. The van der Waals surface area contributed by atoms with E-state index in [-0.39, 0.29) is 5.91 Å². The average Bonchev–Trinajstić information content (AvgIpc) is 2.97. The molecule has 0 saturated carbocycles. The fourth-order valence-electron chi connectivity index (χ4n) is 2.20. The third kappa shape index (κ3) is 3.96. The minimum Gasteiger partial charge on any atom is -0.335 e. The lowest BCUT2D eigenvalue weighted by Gasteiger charge is -2.12. The van der Waals surface area contributed by atoms with Crippen LogP contribution < -0.4 is 0 Å². The van der Waals surface area contributed by atoms with Crippen molar-refractivity contribution in [1.82, 2.24) is 9.88 Å². The summed E-state index contributed by atoms with van der Waals surface area (Å²) in [4.78, 5) is 18.4. The smallest absolute Gasteiger partial charge is 0.246 e. The van der Waals surface area contributed by atoms with Gasteiger partial charge >= 0.3 is 0 Å². The molecule has 0 bridgehead atoms. The second-order valence-electron chi connectivity index (χ2n) is 5.27. The van der Waals surface area contributed by atoms with Crippen LogP contribution in [0.15, 0.2) is 48.5 Å². The lowest BCUT2D eigenvalue weighted by Crippen LogP contribution is -2.23. The van der Waals surface area contributed by atoms with E-state index in [2.05, 4.69) is 4.98 Å². The van der Waals surface area contributed by atoms with Crippen molar-refractivity contribution in [2.45, 2.75) is 6.54 Å². The van der Waals surface area contributed by atoms with E-state index in [1.807, 2.05) is 24.3 Å². The van der Waals surface area contributed by atoms with Crippen LogP contribution >= 0.6 is 34.5 Å². The van der Waals surface area contributed by atoms with E-state index in [0.29, 0.717) is 22.2 Å². The van der Waals surface area contributed by atoms with Gasteiger partial charge in [0, 0.05) is 23.2 Å². The number of hydrogen-bond donors (Lipinski definition) is 0. The van der Waals surface area contributed by atoms with Crippen molar-refractivity contribution in [2.75, 3.05) is 7.05 Å². The van der Waals surface area contributed by atoms with Crippen LogP contribution in [0.25, 0.3) is 16.3 Å². The molecule has 0 N–H and O–H groups in total. The minimum absolute atomic E-state index is 0.120. The van der Waals surface area contributed by atoms with Crippen molar-refractivity contribution in [3.05, 3.63) is 69.2 Å². The maximum Gasteiger partial charge on any atom is 0.246 e. The van der Waals surface area contributed by atoms with Crippen molar-refractivity contribution in [1.29, 1.82) is 0 Å². The molecule has 3 aromatic rings. The summed E-state index contributed by atoms with van der Waals surface area (Å²) in [7, 11) is 1.75. The Bertz CT molecular complexity index is 887. The van der Waals surface area contributed by atoms with Crippen LogP contribution in [-0.4, -0.2) is 22.8 Å². The van der Waals surface area contributed by atoms with E-state index in [4.69, 9.17) is 23.2 Å². The number of fused-ring (bicyclic) bond motifs is 1. The zero-order valence-corrected chi connectivity index (χ0v) is 15.2. The summed E-state index contributed by atoms with van der Waals surface area (Å²) in [5, 5.41) is 2.04. The molecule has 0 radical (unpaired) electrons. The number of benzene rings is 2. The third-order valence-corrected chi connectivity index (χ3v) is 5.05. The number of carbonyl (C=O) groups is 1. The number of amides is 1. The van der Waals surface area contributed by atoms with Gasteiger partial charge in [0.15, 0.2) is 0 Å². The number of likely N-dealkylation sites (N-methyl/N-ethyl adjacent to an activating group) is 1. The average molecular weight is 377 g/mol. The summed E-state index contributed by atoms with van der Waals surface area (Å²) >= 11 is 13.6. The molecule has 3 rings (SSSR count). The van der Waals surface area contributed by atoms with Crippen LogP contribution in [-0.2, 0) is 11.3 Å². The zero-order chi connectivity index (χ0) is 17.1. The maximum absolute atomic E-state index is 12.3. The highest BCUT2D eigenvalue weighted by Gasteiger charge is 2.10. The molecule has 0 atom stereocenters. The molecule has 1 amide bonds. The Morgan fingerprint density at radius 2 is 2.04 bits per heavy atom. The largest absolute Gasteiger partial charge is 0.335 e. The standard InChI is InChI=1S/C18H14Cl2N2OS/c1-22(11-17-21-15-4-2-3-5-16(15)24-17)18(23)9-6-12-10-13(19)7-8-14(12)20/h2-10H,11H2,1H3/b9-6+. The number of aromatic nitrogens is 1. The van der Waals surface area contributed by atoms with Gasteiger partial charge in [0.25, 0.3) is 0 Å². The predicted octanol–water partition coefficient (Wildman–Crippen LogP) is 5.27. The number of nitrogens with zero attached hydrogens (tertiary/aromatic N) is 2. The quantitative estimate of drug-likeness (QED) is 0.580. The molecule has 6 heteroatoms. The molecular weight excluding hydrogens is 363 g/mol. The molecule has 0 unspecified atom stereocenters. The Hall–Kier alpha value is -1.88. The van der Waals surface area contributed by atoms with Gasteiger partial charge in [-0.3, -0.25) is 4.79 Å². The van der Waals surface area contributed by atoms with Crippen LogP contribution in [0.4, 0.5) is 0 Å². The van der Waals surface area contributed by atoms with E-state index in [1.165, 1.54) is 6.08 Å². The van der Waals surface area contributed by atoms with Crippen LogP contribution in [0, 0.1) is 0 Å². The highest BCUT2D eigenvalue weighted by atomic mass is 35.5. The van der Waals surface area contributed by atoms with Crippen LogP contribution in [0.5, 0.6) is 0 Å². The van der Waals surface area contributed by atoms with E-state index in [1.54, 1.807) is 47.6 Å². The number of halogens is 2. The summed E-state index contributed by atoms with van der Waals surface area (Å²) in [6, 6.07) is 13.1. The molecular formula is C18H14Cl2N2OS. The Balaban J connectivity index is 1.70. The lowest BCUT2D eigenvalue weighted by atomic mass is 10.2. The topological polar surface area (TPSA) is 33.2 Å². The van der Waals surface area contributed by atoms with Gasteiger partial charge < -0.3 is 4.90 Å². The molecule has 0 aliphatic rings. The molecule has 0 aliphatic carbocycles. The molecule has 0 spiro atoms. The van der Waals surface area contributed by atoms with Gasteiger partial charge in [0.05, 0.1) is 16.8 Å². The van der Waals surface area contributed by atoms with Crippen molar-refractivity contribution in [2.24, 2.45) is 0 Å². The van der Waals surface area contributed by atoms with Crippen molar-refractivity contribution in [3.8, 4) is 0 Å². The molecule has 0 aliphatic heterocycles. The first kappa shape index (κ1) is 17.0. The first-order chi connectivity index (χ1) is 11.5. The summed E-state index contributed by atoms with van der Waals surface area (Å²) in [6.45, 7) is 0.464. The summed E-state index contributed by atoms with van der Waals surface area (Å²) < 4.78 is 1.12. The van der Waals surface area contributed by atoms with Crippen molar-refractivity contribution in [3.63, 3.8) is 0 Å². The Labute approximate surface area is 154 Å². The number of rotatable bonds is 4. The fraction of sp³-hybridized carbons (Fsp3) is 0.111. The Kier molecular flexibility index (Phi) is 5.19. The van der Waals surface area contributed by atoms with E-state index in [9.17, 15) is 4.79 Å². The van der Waals surface area contributed by atoms with Gasteiger partial charge in [-0.1, -0.05) is 35.3 Å². The van der Waals surface area contributed by atoms with E-state index in [0.717, 1.165) is 15.2 Å². The van der Waals surface area contributed by atoms with Crippen LogP contribution in [0.1, 0.15) is 10.6 Å². The lowest BCUT2D eigenvalue weighted by molar-refractivity contribution is -0.125. The maximum atomic E-state index is 12.3. The molecule has 3 nitrogen and oxygen atoms in total. The molecule has 122 valence electrons. The van der Waals surface area contributed by atoms with Gasteiger partial charge in [0.2, 0.25) is 5.91 Å². The SMILES string of the molecule is CN(Cc1nc2ccccc2s1)C(=O)/C=C/c1cc(Cl)ccc1Cl. The first-order valence-electron chi connectivity index (χ1n) is 7.25. The highest BCUT2D eigenvalue weighted by molar-refractivity contribution is 7.18. The van der Waals surface area contributed by atoms with Gasteiger partial charge in [0.1, 0.15) is 5.01 Å². The third-order valence-electron chi connectivity index (χ3n) is 3.45. The highest BCUT2D eigenvalue weighted by Crippen LogP contribution is 2.23. The van der Waals surface area contributed by atoms with E-state index >= 15 is 0 Å². The number of thiazole rings is 1. The Morgan fingerprint density at radius 1 is 1.25 bits per heavy atom. The minimum atomic E-state index is -0.120. The summed E-state index contributed by atoms with van der Waals surface area (Å²) in [6.07, 6.45) is 3.16. The van der Waals surface area contributed by atoms with E-state index < -0.39 is 0 Å². The molecule has 1 heterocycles. The van der Waals surface area contributed by atoms with Crippen LogP contribution in [0.3, 0.4) is 0 Å². The second-order valence-corrected chi connectivity index (χ2v) is 7.23. The predicted molar refractivity (Wildman–Crippen MR) is 102 cm³/mol.